The van der Waals surface area contributed by atoms with Gasteiger partial charge in [0.2, 0.25) is 5.95 Å². The van der Waals surface area contributed by atoms with Crippen LogP contribution in [0.5, 0.6) is 0 Å². The number of thiophene rings is 1. The van der Waals surface area contributed by atoms with Gasteiger partial charge >= 0.3 is 0 Å². The van der Waals surface area contributed by atoms with Crippen LogP contribution in [-0.4, -0.2) is 24.7 Å². The monoisotopic (exact) mass is 294 g/mol. The van der Waals surface area contributed by atoms with E-state index in [2.05, 4.69) is 32.2 Å². The van der Waals surface area contributed by atoms with Crippen molar-refractivity contribution >= 4 is 27.4 Å². The molecule has 0 radical (unpaired) electrons. The van der Waals surface area contributed by atoms with Gasteiger partial charge in [-0.05, 0) is 29.0 Å². The highest BCUT2D eigenvalue weighted by molar-refractivity contribution is 7.17. The quantitative estimate of drug-likeness (QED) is 0.614. The van der Waals surface area contributed by atoms with Crippen molar-refractivity contribution in [2.24, 2.45) is 0 Å². The number of nitrogen functional groups attached to an aromatic ring is 1. The predicted octanol–water partition coefficient (Wildman–Crippen LogP) is 2.52. The van der Waals surface area contributed by atoms with E-state index in [1.165, 1.54) is 0 Å². The van der Waals surface area contributed by atoms with Crippen molar-refractivity contribution < 1.29 is 0 Å². The largest absolute Gasteiger partial charge is 0.368 e. The summed E-state index contributed by atoms with van der Waals surface area (Å²) in [5.41, 5.74) is 6.77. The Balaban J connectivity index is 1.95. The lowest BCUT2D eigenvalue weighted by Crippen LogP contribution is -2.07. The average Bonchev–Trinajstić information content (AvgIpc) is 3.17. The molecular formula is C14H10N6S. The highest BCUT2D eigenvalue weighted by atomic mass is 32.1. The Morgan fingerprint density at radius 3 is 2.86 bits per heavy atom. The van der Waals surface area contributed by atoms with E-state index in [0.29, 0.717) is 11.8 Å². The maximum atomic E-state index is 5.82. The molecule has 0 aliphatic rings. The highest BCUT2D eigenvalue weighted by Gasteiger charge is 2.12. The minimum Gasteiger partial charge on any atom is -0.368 e. The summed E-state index contributed by atoms with van der Waals surface area (Å²) in [6, 6.07) is 9.91. The summed E-state index contributed by atoms with van der Waals surface area (Å²) in [5, 5.41) is 7.34. The van der Waals surface area contributed by atoms with Crippen molar-refractivity contribution in [2.75, 3.05) is 5.73 Å². The van der Waals surface area contributed by atoms with E-state index in [-0.39, 0.29) is 5.95 Å². The molecule has 6 nitrogen and oxygen atoms in total. The molecule has 4 rings (SSSR count). The van der Waals surface area contributed by atoms with E-state index in [1.54, 1.807) is 34.5 Å². The Bertz CT molecular complexity index is 912. The van der Waals surface area contributed by atoms with Gasteiger partial charge in [0.15, 0.2) is 5.82 Å². The first-order valence-electron chi connectivity index (χ1n) is 6.29. The van der Waals surface area contributed by atoms with E-state index < -0.39 is 0 Å². The van der Waals surface area contributed by atoms with Crippen molar-refractivity contribution in [2.45, 2.75) is 0 Å². The van der Waals surface area contributed by atoms with Crippen molar-refractivity contribution in [3.8, 4) is 17.3 Å². The molecule has 0 saturated heterocycles. The summed E-state index contributed by atoms with van der Waals surface area (Å²) in [7, 11) is 0. The molecule has 4 aromatic rings. The van der Waals surface area contributed by atoms with Gasteiger partial charge in [-0.2, -0.15) is 20.1 Å². The van der Waals surface area contributed by atoms with Crippen LogP contribution in [0.4, 0.5) is 5.95 Å². The normalized spacial score (nSPS) is 11.0. The molecule has 0 aliphatic heterocycles. The van der Waals surface area contributed by atoms with Crippen molar-refractivity contribution in [1.29, 1.82) is 0 Å². The number of anilines is 1. The summed E-state index contributed by atoms with van der Waals surface area (Å²) < 4.78 is 2.70. The lowest BCUT2D eigenvalue weighted by molar-refractivity contribution is 0.801. The first-order valence-corrected chi connectivity index (χ1v) is 7.17. The van der Waals surface area contributed by atoms with Crippen LogP contribution in [0.15, 0.2) is 48.1 Å². The Hall–Kier alpha value is -2.80. The number of nitrogens with two attached hydrogens (primary N) is 1. The Labute approximate surface area is 123 Å². The summed E-state index contributed by atoms with van der Waals surface area (Å²) in [6.45, 7) is 0. The molecule has 1 aromatic carbocycles. The third-order valence-corrected chi connectivity index (χ3v) is 4.03. The Morgan fingerprint density at radius 1 is 1.05 bits per heavy atom. The van der Waals surface area contributed by atoms with Gasteiger partial charge in [0.1, 0.15) is 0 Å². The topological polar surface area (TPSA) is 82.5 Å². The summed E-state index contributed by atoms with van der Waals surface area (Å²) in [6.07, 6.45) is 3.43. The van der Waals surface area contributed by atoms with Crippen LogP contribution in [0.1, 0.15) is 0 Å². The smallest absolute Gasteiger partial charge is 0.255 e. The number of aromatic nitrogens is 5. The van der Waals surface area contributed by atoms with E-state index in [1.807, 2.05) is 17.5 Å². The van der Waals surface area contributed by atoms with Gasteiger partial charge < -0.3 is 5.73 Å². The highest BCUT2D eigenvalue weighted by Crippen LogP contribution is 2.30. The summed E-state index contributed by atoms with van der Waals surface area (Å²) in [4.78, 5) is 12.9. The van der Waals surface area contributed by atoms with Gasteiger partial charge in [-0.3, -0.25) is 0 Å². The fourth-order valence-corrected chi connectivity index (χ4v) is 3.07. The van der Waals surface area contributed by atoms with E-state index >= 15 is 0 Å². The van der Waals surface area contributed by atoms with Crippen LogP contribution in [0.25, 0.3) is 27.4 Å². The van der Waals surface area contributed by atoms with Gasteiger partial charge in [0, 0.05) is 22.7 Å². The maximum Gasteiger partial charge on any atom is 0.255 e. The van der Waals surface area contributed by atoms with E-state index in [0.717, 1.165) is 15.6 Å². The molecule has 7 heteroatoms. The third kappa shape index (κ3) is 2.03. The molecule has 0 spiro atoms. The second-order valence-electron chi connectivity index (χ2n) is 4.41. The summed E-state index contributed by atoms with van der Waals surface area (Å²) in [5.74, 6) is 1.15. The predicted molar refractivity (Wildman–Crippen MR) is 82.2 cm³/mol. The Kier molecular flexibility index (Phi) is 2.65. The van der Waals surface area contributed by atoms with Gasteiger partial charge in [-0.25, -0.2) is 4.68 Å². The molecule has 0 fully saturated rings. The zero-order chi connectivity index (χ0) is 14.2. The minimum absolute atomic E-state index is 0.180. The molecule has 0 bridgehead atoms. The minimum atomic E-state index is 0.180. The van der Waals surface area contributed by atoms with Crippen LogP contribution in [0.2, 0.25) is 0 Å². The molecule has 0 atom stereocenters. The lowest BCUT2D eigenvalue weighted by atomic mass is 10.1. The number of fused-ring (bicyclic) bond motifs is 1. The van der Waals surface area contributed by atoms with Gasteiger partial charge in [0.25, 0.3) is 5.95 Å². The number of hydrogen-bond donors (Lipinski definition) is 1. The SMILES string of the molecule is Nc1nc(-c2cccc3ccsc23)nc(-n2cccn2)n1. The molecule has 0 aliphatic carbocycles. The van der Waals surface area contributed by atoms with Gasteiger partial charge in [-0.15, -0.1) is 11.3 Å². The molecule has 2 N–H and O–H groups in total. The van der Waals surface area contributed by atoms with Gasteiger partial charge in [0.05, 0.1) is 0 Å². The number of hydrogen-bond acceptors (Lipinski definition) is 6. The van der Waals surface area contributed by atoms with Crippen molar-refractivity contribution in [1.82, 2.24) is 24.7 Å². The molecule has 0 unspecified atom stereocenters. The van der Waals surface area contributed by atoms with Crippen LogP contribution >= 0.6 is 11.3 Å². The second kappa shape index (κ2) is 4.64. The zero-order valence-corrected chi connectivity index (χ0v) is 11.7. The average molecular weight is 294 g/mol. The Morgan fingerprint density at radius 2 is 2.00 bits per heavy atom. The lowest BCUT2D eigenvalue weighted by Gasteiger charge is -2.05. The maximum absolute atomic E-state index is 5.82. The molecule has 3 heterocycles. The number of nitrogens with zero attached hydrogens (tertiary/aromatic N) is 5. The fourth-order valence-electron chi connectivity index (χ4n) is 2.16. The van der Waals surface area contributed by atoms with E-state index in [9.17, 15) is 0 Å². The molecule has 102 valence electrons. The third-order valence-electron chi connectivity index (χ3n) is 3.07. The number of benzene rings is 1. The van der Waals surface area contributed by atoms with Crippen LogP contribution in [0, 0.1) is 0 Å². The summed E-state index contributed by atoms with van der Waals surface area (Å²) >= 11 is 1.65. The molecular weight excluding hydrogens is 284 g/mol. The van der Waals surface area contributed by atoms with Crippen molar-refractivity contribution in [3.05, 3.63) is 48.1 Å². The number of rotatable bonds is 2. The first kappa shape index (κ1) is 12.0. The van der Waals surface area contributed by atoms with Crippen LogP contribution in [0.3, 0.4) is 0 Å². The zero-order valence-electron chi connectivity index (χ0n) is 10.8. The standard InChI is InChI=1S/C14H10N6S/c15-13-17-12(18-14(19-13)20-7-2-6-16-20)10-4-1-3-9-5-8-21-11(9)10/h1-8H,(H2,15,17,18,19). The van der Waals surface area contributed by atoms with Gasteiger partial charge in [-0.1, -0.05) is 12.1 Å². The fraction of sp³-hybridized carbons (Fsp3) is 0. The van der Waals surface area contributed by atoms with Crippen LogP contribution in [-0.2, 0) is 0 Å². The van der Waals surface area contributed by atoms with E-state index in [4.69, 9.17) is 5.73 Å². The molecule has 3 aromatic heterocycles. The van der Waals surface area contributed by atoms with Crippen molar-refractivity contribution in [3.63, 3.8) is 0 Å². The first-order chi connectivity index (χ1) is 10.3. The molecule has 0 amide bonds. The molecule has 21 heavy (non-hydrogen) atoms. The van der Waals surface area contributed by atoms with Crippen LogP contribution < -0.4 is 5.73 Å². The second-order valence-corrected chi connectivity index (χ2v) is 5.33. The molecule has 0 saturated carbocycles.